The number of benzene rings is 2. The summed E-state index contributed by atoms with van der Waals surface area (Å²) in [5.41, 5.74) is 2.01. The van der Waals surface area contributed by atoms with Gasteiger partial charge in [-0.15, -0.1) is 0 Å². The molecule has 1 heterocycles. The smallest absolute Gasteiger partial charge is 0.304 e. The zero-order valence-corrected chi connectivity index (χ0v) is 15.3. The molecule has 2 aromatic carbocycles. The minimum atomic E-state index is -3.24. The van der Waals surface area contributed by atoms with Crippen molar-refractivity contribution in [3.05, 3.63) is 70.2 Å². The van der Waals surface area contributed by atoms with Crippen LogP contribution in [0.25, 0.3) is 0 Å². The first kappa shape index (κ1) is 16.9. The standard InChI is InChI=1S/C17H19BrNO3P/c1-13-12-21-23(20,22-13)17(15-7-9-16(18)10-8-15)19-11-14-5-3-2-4-6-14/h2-10,13,17,19H,11-12H2,1H3/t13-,17-,23-/m1/s1. The summed E-state index contributed by atoms with van der Waals surface area (Å²) in [6.45, 7) is 2.82. The van der Waals surface area contributed by atoms with Crippen LogP contribution in [-0.4, -0.2) is 12.7 Å². The van der Waals surface area contributed by atoms with Gasteiger partial charge >= 0.3 is 7.60 Å². The molecule has 4 nitrogen and oxygen atoms in total. The fraction of sp³-hybridized carbons (Fsp3) is 0.294. The molecule has 23 heavy (non-hydrogen) atoms. The van der Waals surface area contributed by atoms with E-state index in [1.807, 2.05) is 61.5 Å². The monoisotopic (exact) mass is 395 g/mol. The Morgan fingerprint density at radius 1 is 1.22 bits per heavy atom. The SMILES string of the molecule is C[C@@H]1CO[P@](=O)([C@@H](NCc2ccccc2)c2ccc(Br)cc2)O1. The van der Waals surface area contributed by atoms with Gasteiger partial charge in [0.05, 0.1) is 12.7 Å². The van der Waals surface area contributed by atoms with E-state index in [1.54, 1.807) is 0 Å². The fourth-order valence-electron chi connectivity index (χ4n) is 2.52. The van der Waals surface area contributed by atoms with Gasteiger partial charge in [-0.25, -0.2) is 0 Å². The van der Waals surface area contributed by atoms with Gasteiger partial charge in [-0.05, 0) is 30.2 Å². The highest BCUT2D eigenvalue weighted by molar-refractivity contribution is 9.10. The van der Waals surface area contributed by atoms with E-state index in [1.165, 1.54) is 0 Å². The minimum absolute atomic E-state index is 0.155. The molecule has 1 N–H and O–H groups in total. The molecule has 2 aromatic rings. The normalized spacial score (nSPS) is 25.4. The molecule has 0 spiro atoms. The zero-order chi connectivity index (χ0) is 16.3. The third kappa shape index (κ3) is 4.11. The Kier molecular flexibility index (Phi) is 5.34. The summed E-state index contributed by atoms with van der Waals surface area (Å²) in [5.74, 6) is -0.485. The van der Waals surface area contributed by atoms with Gasteiger partial charge in [0.2, 0.25) is 0 Å². The Labute approximate surface area is 144 Å². The third-order valence-corrected chi connectivity index (χ3v) is 6.46. The van der Waals surface area contributed by atoms with Crippen LogP contribution in [0.3, 0.4) is 0 Å². The average Bonchev–Trinajstić information content (AvgIpc) is 2.90. The van der Waals surface area contributed by atoms with Gasteiger partial charge in [-0.2, -0.15) is 0 Å². The van der Waals surface area contributed by atoms with Crippen LogP contribution in [-0.2, 0) is 20.2 Å². The van der Waals surface area contributed by atoms with E-state index in [9.17, 15) is 4.57 Å². The highest BCUT2D eigenvalue weighted by Crippen LogP contribution is 2.63. The van der Waals surface area contributed by atoms with Gasteiger partial charge in [0.15, 0.2) is 0 Å². The summed E-state index contributed by atoms with van der Waals surface area (Å²) in [4.78, 5) is 0. The van der Waals surface area contributed by atoms with Crippen LogP contribution in [0.2, 0.25) is 0 Å². The molecule has 0 saturated carbocycles. The lowest BCUT2D eigenvalue weighted by Gasteiger charge is -2.24. The summed E-state index contributed by atoms with van der Waals surface area (Å²) in [6.07, 6.45) is -0.155. The molecule has 0 aromatic heterocycles. The van der Waals surface area contributed by atoms with Crippen LogP contribution in [0, 0.1) is 0 Å². The van der Waals surface area contributed by atoms with Crippen LogP contribution < -0.4 is 5.32 Å². The molecule has 1 aliphatic rings. The van der Waals surface area contributed by atoms with Gasteiger partial charge in [0, 0.05) is 11.0 Å². The summed E-state index contributed by atoms with van der Waals surface area (Å²) >= 11 is 3.42. The molecule has 122 valence electrons. The number of hydrogen-bond donors (Lipinski definition) is 1. The van der Waals surface area contributed by atoms with E-state index in [0.29, 0.717) is 13.2 Å². The van der Waals surface area contributed by atoms with Crippen molar-refractivity contribution in [3.8, 4) is 0 Å². The van der Waals surface area contributed by atoms with Gasteiger partial charge in [-0.1, -0.05) is 58.4 Å². The van der Waals surface area contributed by atoms with Crippen molar-refractivity contribution in [2.24, 2.45) is 0 Å². The lowest BCUT2D eigenvalue weighted by Crippen LogP contribution is -2.21. The van der Waals surface area contributed by atoms with Crippen LogP contribution in [0.1, 0.15) is 23.8 Å². The van der Waals surface area contributed by atoms with E-state index in [0.717, 1.165) is 15.6 Å². The molecule has 1 fully saturated rings. The maximum absolute atomic E-state index is 13.1. The molecule has 3 rings (SSSR count). The molecule has 0 radical (unpaired) electrons. The van der Waals surface area contributed by atoms with Crippen molar-refractivity contribution < 1.29 is 13.6 Å². The maximum atomic E-state index is 13.1. The molecule has 0 bridgehead atoms. The lowest BCUT2D eigenvalue weighted by atomic mass is 10.2. The number of rotatable bonds is 5. The van der Waals surface area contributed by atoms with Crippen molar-refractivity contribution in [3.63, 3.8) is 0 Å². The maximum Gasteiger partial charge on any atom is 0.352 e. The first-order valence-corrected chi connectivity index (χ1v) is 9.93. The predicted octanol–water partition coefficient (Wildman–Crippen LogP) is 4.87. The Hall–Kier alpha value is -0.970. The van der Waals surface area contributed by atoms with Crippen LogP contribution in [0.4, 0.5) is 0 Å². The first-order chi connectivity index (χ1) is 11.1. The molecule has 1 aliphatic heterocycles. The zero-order valence-electron chi connectivity index (χ0n) is 12.8. The largest absolute Gasteiger partial charge is 0.352 e. The van der Waals surface area contributed by atoms with Gasteiger partial charge in [0.25, 0.3) is 0 Å². The van der Waals surface area contributed by atoms with E-state index < -0.39 is 13.4 Å². The first-order valence-electron chi connectivity index (χ1n) is 7.52. The Morgan fingerprint density at radius 3 is 2.52 bits per heavy atom. The van der Waals surface area contributed by atoms with E-state index in [-0.39, 0.29) is 6.10 Å². The second-order valence-corrected chi connectivity index (χ2v) is 8.55. The van der Waals surface area contributed by atoms with E-state index in [2.05, 4.69) is 21.2 Å². The van der Waals surface area contributed by atoms with Crippen molar-refractivity contribution in [2.45, 2.75) is 25.4 Å². The molecular formula is C17H19BrNO3P. The Bertz CT molecular complexity index is 693. The molecule has 6 heteroatoms. The van der Waals surface area contributed by atoms with Crippen molar-refractivity contribution in [1.29, 1.82) is 0 Å². The second-order valence-electron chi connectivity index (χ2n) is 5.57. The minimum Gasteiger partial charge on any atom is -0.304 e. The van der Waals surface area contributed by atoms with Gasteiger partial charge in [0.1, 0.15) is 5.78 Å². The van der Waals surface area contributed by atoms with Crippen LogP contribution in [0.5, 0.6) is 0 Å². The predicted molar refractivity (Wildman–Crippen MR) is 94.3 cm³/mol. The van der Waals surface area contributed by atoms with E-state index in [4.69, 9.17) is 9.05 Å². The van der Waals surface area contributed by atoms with Crippen molar-refractivity contribution >= 4 is 23.5 Å². The molecular weight excluding hydrogens is 377 g/mol. The van der Waals surface area contributed by atoms with Crippen molar-refractivity contribution in [2.75, 3.05) is 6.61 Å². The third-order valence-electron chi connectivity index (χ3n) is 3.66. The molecule has 0 unspecified atom stereocenters. The van der Waals surface area contributed by atoms with Crippen LogP contribution >= 0.6 is 23.5 Å². The van der Waals surface area contributed by atoms with E-state index >= 15 is 0 Å². The topological polar surface area (TPSA) is 47.6 Å². The number of hydrogen-bond acceptors (Lipinski definition) is 4. The summed E-state index contributed by atoms with van der Waals surface area (Å²) < 4.78 is 25.3. The van der Waals surface area contributed by atoms with Crippen LogP contribution in [0.15, 0.2) is 59.1 Å². The fourth-order valence-corrected chi connectivity index (χ4v) is 4.95. The van der Waals surface area contributed by atoms with Crippen molar-refractivity contribution in [1.82, 2.24) is 5.32 Å². The number of nitrogens with one attached hydrogen (secondary N) is 1. The molecule has 1 saturated heterocycles. The Morgan fingerprint density at radius 2 is 1.91 bits per heavy atom. The highest BCUT2D eigenvalue weighted by Gasteiger charge is 2.43. The molecule has 0 amide bonds. The second kappa shape index (κ2) is 7.29. The number of halogens is 1. The summed E-state index contributed by atoms with van der Waals surface area (Å²) in [6, 6.07) is 17.7. The average molecular weight is 396 g/mol. The summed E-state index contributed by atoms with van der Waals surface area (Å²) in [7, 11) is -3.24. The van der Waals surface area contributed by atoms with Gasteiger partial charge < -0.3 is 9.05 Å². The molecule has 3 atom stereocenters. The lowest BCUT2D eigenvalue weighted by molar-refractivity contribution is 0.253. The Balaban J connectivity index is 1.84. The summed E-state index contributed by atoms with van der Waals surface area (Å²) in [5, 5.41) is 3.35. The van der Waals surface area contributed by atoms with Gasteiger partial charge in [-0.3, -0.25) is 9.88 Å². The molecule has 0 aliphatic carbocycles. The highest BCUT2D eigenvalue weighted by atomic mass is 79.9. The quantitative estimate of drug-likeness (QED) is 0.733.